The fourth-order valence-corrected chi connectivity index (χ4v) is 5.31. The lowest BCUT2D eigenvalue weighted by Crippen LogP contribution is -2.51. The maximum atomic E-state index is 12.5. The topological polar surface area (TPSA) is 90.0 Å². The van der Waals surface area contributed by atoms with E-state index in [-0.39, 0.29) is 29.9 Å². The summed E-state index contributed by atoms with van der Waals surface area (Å²) in [6, 6.07) is 0.122. The Kier molecular flexibility index (Phi) is 10.00. The molecule has 3 fully saturated rings. The van der Waals surface area contributed by atoms with Crippen LogP contribution in [0.3, 0.4) is 0 Å². The fourth-order valence-electron chi connectivity index (χ4n) is 5.31. The molecule has 1 atom stereocenters. The van der Waals surface area contributed by atoms with Gasteiger partial charge in [-0.25, -0.2) is 4.79 Å². The number of rotatable bonds is 5. The molecular weight excluding hydrogens is 439 g/mol. The van der Waals surface area contributed by atoms with E-state index >= 15 is 0 Å². The first-order chi connectivity index (χ1) is 15.4. The van der Waals surface area contributed by atoms with Gasteiger partial charge >= 0.3 is 12.1 Å². The number of hydrogen-bond acceptors (Lipinski definition) is 4. The number of likely N-dealkylation sites (tertiary alicyclic amines) is 2. The largest absolute Gasteiger partial charge is 0.490 e. The van der Waals surface area contributed by atoms with Crippen molar-refractivity contribution in [1.82, 2.24) is 15.1 Å². The third-order valence-corrected chi connectivity index (χ3v) is 6.92. The van der Waals surface area contributed by atoms with E-state index in [4.69, 9.17) is 9.90 Å². The van der Waals surface area contributed by atoms with Gasteiger partial charge in [0.1, 0.15) is 6.54 Å². The normalized spacial score (nSPS) is 25.0. The Morgan fingerprint density at radius 1 is 1.09 bits per heavy atom. The van der Waals surface area contributed by atoms with E-state index in [0.717, 1.165) is 44.7 Å². The Morgan fingerprint density at radius 2 is 1.73 bits per heavy atom. The van der Waals surface area contributed by atoms with Crippen molar-refractivity contribution < 1.29 is 32.7 Å². The summed E-state index contributed by atoms with van der Waals surface area (Å²) in [5, 5.41) is 10.1. The van der Waals surface area contributed by atoms with Crippen LogP contribution >= 0.6 is 0 Å². The summed E-state index contributed by atoms with van der Waals surface area (Å²) < 4.78 is 31.7. The molecule has 0 aromatic heterocycles. The Morgan fingerprint density at radius 3 is 2.30 bits per heavy atom. The van der Waals surface area contributed by atoms with Gasteiger partial charge in [-0.1, -0.05) is 19.3 Å². The summed E-state index contributed by atoms with van der Waals surface area (Å²) in [6.07, 6.45) is 6.66. The summed E-state index contributed by atoms with van der Waals surface area (Å²) in [6.45, 7) is 7.63. The predicted octanol–water partition coefficient (Wildman–Crippen LogP) is 3.57. The van der Waals surface area contributed by atoms with Crippen LogP contribution in [0, 0.1) is 5.92 Å². The van der Waals surface area contributed by atoms with Gasteiger partial charge < -0.3 is 20.2 Å². The van der Waals surface area contributed by atoms with Crippen molar-refractivity contribution in [3.8, 4) is 0 Å². The second kappa shape index (κ2) is 12.0. The number of nitrogens with zero attached hydrogens (tertiary/aromatic N) is 2. The molecule has 7 nitrogen and oxygen atoms in total. The van der Waals surface area contributed by atoms with E-state index in [2.05, 4.69) is 10.2 Å². The highest BCUT2D eigenvalue weighted by molar-refractivity contribution is 5.87. The van der Waals surface area contributed by atoms with Crippen LogP contribution in [0.4, 0.5) is 13.2 Å². The molecule has 0 aromatic rings. The van der Waals surface area contributed by atoms with E-state index < -0.39 is 12.1 Å². The van der Waals surface area contributed by atoms with E-state index in [1.807, 2.05) is 18.7 Å². The highest BCUT2D eigenvalue weighted by Gasteiger charge is 2.46. The monoisotopic (exact) mass is 477 g/mol. The standard InChI is InChI=1S/C21H37N3O2.C2HF3O2/c1-17(2)22-19(25)16-24-20(26)9-11-21(24)10-6-13-23(14-12-21)15-18-7-4-3-5-8-18;3-2(4,5)1(6)7/h17-18H,3-16H2,1-2H3,(H,22,25);(H,6,7). The van der Waals surface area contributed by atoms with Gasteiger partial charge in [-0.15, -0.1) is 0 Å². The van der Waals surface area contributed by atoms with Crippen molar-refractivity contribution in [2.24, 2.45) is 5.92 Å². The maximum absolute atomic E-state index is 12.5. The van der Waals surface area contributed by atoms with Crippen LogP contribution in [0.5, 0.6) is 0 Å². The molecule has 2 amide bonds. The zero-order valence-corrected chi connectivity index (χ0v) is 19.8. The minimum Gasteiger partial charge on any atom is -0.475 e. The molecular formula is C23H38F3N3O4. The number of aliphatic carboxylic acids is 1. The van der Waals surface area contributed by atoms with Crippen molar-refractivity contribution in [3.63, 3.8) is 0 Å². The number of alkyl halides is 3. The van der Waals surface area contributed by atoms with Crippen LogP contribution in [0.2, 0.25) is 0 Å². The molecule has 190 valence electrons. The summed E-state index contributed by atoms with van der Waals surface area (Å²) in [4.78, 5) is 38.3. The molecule has 0 radical (unpaired) electrons. The van der Waals surface area contributed by atoms with Gasteiger partial charge in [-0.3, -0.25) is 9.59 Å². The SMILES string of the molecule is CC(C)NC(=O)CN1C(=O)CCC12CCCN(CC1CCCCC1)CC2.O=C(O)C(F)(F)F. The summed E-state index contributed by atoms with van der Waals surface area (Å²) in [5.41, 5.74) is -0.0767. The number of halogens is 3. The van der Waals surface area contributed by atoms with Crippen LogP contribution < -0.4 is 5.32 Å². The van der Waals surface area contributed by atoms with Gasteiger partial charge in [0, 0.05) is 31.1 Å². The van der Waals surface area contributed by atoms with Gasteiger partial charge in [0.15, 0.2) is 0 Å². The lowest BCUT2D eigenvalue weighted by atomic mass is 9.87. The Labute approximate surface area is 194 Å². The van der Waals surface area contributed by atoms with Crippen LogP contribution in [-0.4, -0.2) is 76.6 Å². The zero-order valence-electron chi connectivity index (χ0n) is 19.8. The number of carboxylic acids is 1. The van der Waals surface area contributed by atoms with Crippen molar-refractivity contribution in [1.29, 1.82) is 0 Å². The Bertz CT molecular complexity index is 680. The molecule has 1 unspecified atom stereocenters. The first-order valence-corrected chi connectivity index (χ1v) is 12.1. The average Bonchev–Trinajstić information content (AvgIpc) is 2.89. The smallest absolute Gasteiger partial charge is 0.475 e. The third kappa shape index (κ3) is 8.46. The molecule has 0 aromatic carbocycles. The molecule has 33 heavy (non-hydrogen) atoms. The Hall–Kier alpha value is -1.84. The fraction of sp³-hybridized carbons (Fsp3) is 0.870. The lowest BCUT2D eigenvalue weighted by Gasteiger charge is -2.38. The summed E-state index contributed by atoms with van der Waals surface area (Å²) in [7, 11) is 0. The number of amides is 2. The third-order valence-electron chi connectivity index (χ3n) is 6.92. The van der Waals surface area contributed by atoms with Crippen molar-refractivity contribution in [2.45, 2.75) is 95.8 Å². The maximum Gasteiger partial charge on any atom is 0.490 e. The van der Waals surface area contributed by atoms with Crippen LogP contribution in [-0.2, 0) is 14.4 Å². The van der Waals surface area contributed by atoms with Gasteiger partial charge in [-0.2, -0.15) is 13.2 Å². The minimum absolute atomic E-state index is 0.0158. The number of carboxylic acid groups (broad SMARTS) is 1. The number of carbonyl (C=O) groups is 3. The molecule has 1 aliphatic carbocycles. The lowest BCUT2D eigenvalue weighted by molar-refractivity contribution is -0.192. The molecule has 2 N–H and O–H groups in total. The number of carbonyl (C=O) groups excluding carboxylic acids is 2. The van der Waals surface area contributed by atoms with E-state index in [0.29, 0.717) is 6.42 Å². The molecule has 0 bridgehead atoms. The molecule has 1 spiro atoms. The van der Waals surface area contributed by atoms with Crippen molar-refractivity contribution in [2.75, 3.05) is 26.2 Å². The second-order valence-corrected chi connectivity index (χ2v) is 9.89. The molecule has 10 heteroatoms. The van der Waals surface area contributed by atoms with Crippen molar-refractivity contribution in [3.05, 3.63) is 0 Å². The average molecular weight is 478 g/mol. The highest BCUT2D eigenvalue weighted by Crippen LogP contribution is 2.39. The predicted molar refractivity (Wildman–Crippen MR) is 118 cm³/mol. The molecule has 2 heterocycles. The summed E-state index contributed by atoms with van der Waals surface area (Å²) >= 11 is 0. The molecule has 3 rings (SSSR count). The van der Waals surface area contributed by atoms with Crippen LogP contribution in [0.15, 0.2) is 0 Å². The molecule has 1 saturated carbocycles. The second-order valence-electron chi connectivity index (χ2n) is 9.89. The molecule has 3 aliphatic rings. The van der Waals surface area contributed by atoms with Gasteiger partial charge in [0.05, 0.1) is 0 Å². The minimum atomic E-state index is -5.08. The first-order valence-electron chi connectivity index (χ1n) is 12.1. The van der Waals surface area contributed by atoms with Crippen molar-refractivity contribution >= 4 is 17.8 Å². The van der Waals surface area contributed by atoms with Gasteiger partial charge in [-0.05, 0) is 64.8 Å². The molecule has 2 aliphatic heterocycles. The highest BCUT2D eigenvalue weighted by atomic mass is 19.4. The quantitative estimate of drug-likeness (QED) is 0.632. The summed E-state index contributed by atoms with van der Waals surface area (Å²) in [5.74, 6) is -1.73. The van der Waals surface area contributed by atoms with E-state index in [1.54, 1.807) is 0 Å². The van der Waals surface area contributed by atoms with E-state index in [9.17, 15) is 22.8 Å². The van der Waals surface area contributed by atoms with Gasteiger partial charge in [0.25, 0.3) is 0 Å². The van der Waals surface area contributed by atoms with Gasteiger partial charge in [0.2, 0.25) is 11.8 Å². The number of hydrogen-bond donors (Lipinski definition) is 2. The zero-order chi connectivity index (χ0) is 24.6. The number of nitrogens with one attached hydrogen (secondary N) is 1. The Balaban J connectivity index is 0.000000479. The van der Waals surface area contributed by atoms with E-state index in [1.165, 1.54) is 38.6 Å². The molecule has 2 saturated heterocycles. The van der Waals surface area contributed by atoms with Crippen LogP contribution in [0.25, 0.3) is 0 Å². The van der Waals surface area contributed by atoms with Crippen LogP contribution in [0.1, 0.15) is 78.1 Å². The first kappa shape index (κ1) is 27.4.